The molecule has 0 spiro atoms. The molecule has 8 heteroatoms. The number of hydrogen-bond acceptors (Lipinski definition) is 5. The molecular weight excluding hydrogens is 365 g/mol. The Morgan fingerprint density at radius 2 is 2.12 bits per heavy atom. The standard InChI is InChI=1S/C17H13ClFN3O2S/c1-10-20-16(24-22-10)9-25-15-5-3-2-4-12(15)17(23)21-14-7-6-11(19)8-13(14)18/h2-8H,9H2,1H3,(H,21,23). The van der Waals surface area contributed by atoms with Crippen molar-refractivity contribution in [1.29, 1.82) is 0 Å². The first kappa shape index (κ1) is 17.4. The number of carbonyl (C=O) groups is 1. The minimum atomic E-state index is -0.464. The van der Waals surface area contributed by atoms with Crippen molar-refractivity contribution in [2.45, 2.75) is 17.6 Å². The van der Waals surface area contributed by atoms with Gasteiger partial charge in [-0.25, -0.2) is 4.39 Å². The van der Waals surface area contributed by atoms with E-state index in [1.54, 1.807) is 19.1 Å². The van der Waals surface area contributed by atoms with Gasteiger partial charge in [0.1, 0.15) is 5.82 Å². The van der Waals surface area contributed by atoms with E-state index in [0.29, 0.717) is 28.7 Å². The summed E-state index contributed by atoms with van der Waals surface area (Å²) in [6, 6.07) is 10.9. The number of amides is 1. The summed E-state index contributed by atoms with van der Waals surface area (Å²) in [5, 5.41) is 6.57. The van der Waals surface area contributed by atoms with Crippen molar-refractivity contribution in [3.8, 4) is 0 Å². The minimum Gasteiger partial charge on any atom is -0.338 e. The van der Waals surface area contributed by atoms with Crippen LogP contribution in [-0.2, 0) is 5.75 Å². The third-order valence-corrected chi connectivity index (χ3v) is 4.60. The van der Waals surface area contributed by atoms with Gasteiger partial charge in [0.15, 0.2) is 5.82 Å². The largest absolute Gasteiger partial charge is 0.338 e. The van der Waals surface area contributed by atoms with Crippen molar-refractivity contribution in [3.05, 3.63) is 70.6 Å². The SMILES string of the molecule is Cc1noc(CSc2ccccc2C(=O)Nc2ccc(F)cc2Cl)n1. The van der Waals surface area contributed by atoms with Crippen LogP contribution in [0.15, 0.2) is 51.9 Å². The zero-order valence-electron chi connectivity index (χ0n) is 13.1. The summed E-state index contributed by atoms with van der Waals surface area (Å²) >= 11 is 7.37. The molecule has 0 fully saturated rings. The molecule has 1 N–H and O–H groups in total. The first-order valence-corrected chi connectivity index (χ1v) is 8.66. The Kier molecular flexibility index (Phi) is 5.35. The smallest absolute Gasteiger partial charge is 0.256 e. The third kappa shape index (κ3) is 4.37. The van der Waals surface area contributed by atoms with Gasteiger partial charge in [-0.3, -0.25) is 4.79 Å². The summed E-state index contributed by atoms with van der Waals surface area (Å²) in [5.41, 5.74) is 0.824. The van der Waals surface area contributed by atoms with Crippen LogP contribution in [0.1, 0.15) is 22.1 Å². The number of aromatic nitrogens is 2. The van der Waals surface area contributed by atoms with Gasteiger partial charge < -0.3 is 9.84 Å². The lowest BCUT2D eigenvalue weighted by Gasteiger charge is -2.10. The molecule has 1 heterocycles. The molecule has 0 saturated heterocycles. The van der Waals surface area contributed by atoms with Crippen molar-refractivity contribution >= 4 is 35.0 Å². The highest BCUT2D eigenvalue weighted by atomic mass is 35.5. The Labute approximate surface area is 152 Å². The Balaban J connectivity index is 1.76. The molecule has 0 aliphatic carbocycles. The van der Waals surface area contributed by atoms with Crippen molar-refractivity contribution in [2.24, 2.45) is 0 Å². The van der Waals surface area contributed by atoms with Crippen molar-refractivity contribution < 1.29 is 13.7 Å². The van der Waals surface area contributed by atoms with Gasteiger partial charge in [-0.15, -0.1) is 11.8 Å². The minimum absolute atomic E-state index is 0.139. The molecule has 0 unspecified atom stereocenters. The number of anilines is 1. The second-order valence-electron chi connectivity index (χ2n) is 5.10. The molecule has 3 rings (SSSR count). The van der Waals surface area contributed by atoms with E-state index in [1.807, 2.05) is 12.1 Å². The normalized spacial score (nSPS) is 10.7. The second-order valence-corrected chi connectivity index (χ2v) is 6.52. The van der Waals surface area contributed by atoms with Gasteiger partial charge in [0.05, 0.1) is 22.0 Å². The van der Waals surface area contributed by atoms with E-state index in [2.05, 4.69) is 15.5 Å². The summed E-state index contributed by atoms with van der Waals surface area (Å²) in [6.45, 7) is 1.74. The van der Waals surface area contributed by atoms with Crippen LogP contribution in [0.5, 0.6) is 0 Å². The number of benzene rings is 2. The summed E-state index contributed by atoms with van der Waals surface area (Å²) in [7, 11) is 0. The predicted molar refractivity (Wildman–Crippen MR) is 94.4 cm³/mol. The van der Waals surface area contributed by atoms with Gasteiger partial charge in [-0.2, -0.15) is 4.98 Å². The Morgan fingerprint density at radius 1 is 1.32 bits per heavy atom. The number of hydrogen-bond donors (Lipinski definition) is 1. The van der Waals surface area contributed by atoms with E-state index >= 15 is 0 Å². The quantitative estimate of drug-likeness (QED) is 0.652. The monoisotopic (exact) mass is 377 g/mol. The Bertz CT molecular complexity index is 916. The van der Waals surface area contributed by atoms with Gasteiger partial charge in [0, 0.05) is 4.90 Å². The number of thioether (sulfide) groups is 1. The predicted octanol–water partition coefficient (Wildman–Crippen LogP) is 4.72. The van der Waals surface area contributed by atoms with E-state index in [4.69, 9.17) is 16.1 Å². The average Bonchev–Trinajstić information content (AvgIpc) is 3.01. The second kappa shape index (κ2) is 7.67. The molecule has 0 aliphatic rings. The molecular formula is C17H13ClFN3O2S. The van der Waals surface area contributed by atoms with Crippen LogP contribution in [-0.4, -0.2) is 16.0 Å². The van der Waals surface area contributed by atoms with Crippen LogP contribution < -0.4 is 5.32 Å². The summed E-state index contributed by atoms with van der Waals surface area (Å²) in [5.74, 6) is 0.696. The fourth-order valence-electron chi connectivity index (χ4n) is 2.10. The van der Waals surface area contributed by atoms with Gasteiger partial charge in [0.2, 0.25) is 5.89 Å². The average molecular weight is 378 g/mol. The fraction of sp³-hybridized carbons (Fsp3) is 0.118. The maximum absolute atomic E-state index is 13.1. The number of nitrogens with one attached hydrogen (secondary N) is 1. The lowest BCUT2D eigenvalue weighted by atomic mass is 10.2. The number of nitrogens with zero attached hydrogens (tertiary/aromatic N) is 2. The molecule has 0 aliphatic heterocycles. The molecule has 0 saturated carbocycles. The highest BCUT2D eigenvalue weighted by Gasteiger charge is 2.14. The van der Waals surface area contributed by atoms with Crippen LogP contribution in [0, 0.1) is 12.7 Å². The first-order chi connectivity index (χ1) is 12.0. The first-order valence-electron chi connectivity index (χ1n) is 7.30. The maximum Gasteiger partial charge on any atom is 0.256 e. The van der Waals surface area contributed by atoms with Crippen LogP contribution in [0.25, 0.3) is 0 Å². The van der Waals surface area contributed by atoms with E-state index in [-0.39, 0.29) is 10.9 Å². The van der Waals surface area contributed by atoms with Crippen molar-refractivity contribution in [1.82, 2.24) is 10.1 Å². The van der Waals surface area contributed by atoms with Gasteiger partial charge >= 0.3 is 0 Å². The molecule has 0 radical (unpaired) electrons. The molecule has 25 heavy (non-hydrogen) atoms. The topological polar surface area (TPSA) is 68.0 Å². The zero-order valence-corrected chi connectivity index (χ0v) is 14.7. The highest BCUT2D eigenvalue weighted by molar-refractivity contribution is 7.98. The maximum atomic E-state index is 13.1. The van der Waals surface area contributed by atoms with Crippen molar-refractivity contribution in [3.63, 3.8) is 0 Å². The molecule has 0 bridgehead atoms. The molecule has 2 aromatic carbocycles. The number of carbonyl (C=O) groups excluding carboxylic acids is 1. The van der Waals surface area contributed by atoms with Crippen LogP contribution in [0.3, 0.4) is 0 Å². The molecule has 3 aromatic rings. The fourth-order valence-corrected chi connectivity index (χ4v) is 3.20. The van der Waals surface area contributed by atoms with Crippen LogP contribution in [0.2, 0.25) is 5.02 Å². The van der Waals surface area contributed by atoms with E-state index in [9.17, 15) is 9.18 Å². The Hall–Kier alpha value is -2.38. The van der Waals surface area contributed by atoms with Gasteiger partial charge in [0.25, 0.3) is 5.91 Å². The molecule has 128 valence electrons. The van der Waals surface area contributed by atoms with Crippen LogP contribution in [0.4, 0.5) is 10.1 Å². The summed E-state index contributed by atoms with van der Waals surface area (Å²) < 4.78 is 18.2. The summed E-state index contributed by atoms with van der Waals surface area (Å²) in [4.78, 5) is 17.5. The molecule has 0 atom stereocenters. The van der Waals surface area contributed by atoms with Gasteiger partial charge in [-0.05, 0) is 37.3 Å². The van der Waals surface area contributed by atoms with Gasteiger partial charge in [-0.1, -0.05) is 28.9 Å². The third-order valence-electron chi connectivity index (χ3n) is 3.23. The zero-order chi connectivity index (χ0) is 17.8. The lowest BCUT2D eigenvalue weighted by molar-refractivity contribution is 0.102. The van der Waals surface area contributed by atoms with E-state index < -0.39 is 5.82 Å². The molecule has 1 amide bonds. The van der Waals surface area contributed by atoms with Crippen molar-refractivity contribution in [2.75, 3.05) is 5.32 Å². The molecule has 5 nitrogen and oxygen atoms in total. The lowest BCUT2D eigenvalue weighted by Crippen LogP contribution is -2.13. The van der Waals surface area contributed by atoms with E-state index in [0.717, 1.165) is 11.0 Å². The Morgan fingerprint density at radius 3 is 2.84 bits per heavy atom. The number of rotatable bonds is 5. The summed E-state index contributed by atoms with van der Waals surface area (Å²) in [6.07, 6.45) is 0. The molecule has 1 aromatic heterocycles. The highest BCUT2D eigenvalue weighted by Crippen LogP contribution is 2.28. The number of aryl methyl sites for hydroxylation is 1. The van der Waals surface area contributed by atoms with Crippen LogP contribution >= 0.6 is 23.4 Å². The van der Waals surface area contributed by atoms with E-state index in [1.165, 1.54) is 23.9 Å². The number of halogens is 2.